The van der Waals surface area contributed by atoms with Crippen molar-refractivity contribution in [2.75, 3.05) is 12.8 Å². The summed E-state index contributed by atoms with van der Waals surface area (Å²) in [6, 6.07) is 8.88. The van der Waals surface area contributed by atoms with E-state index < -0.39 is 0 Å². The van der Waals surface area contributed by atoms with E-state index in [0.717, 1.165) is 40.6 Å². The molecule has 0 saturated heterocycles. The number of nitrogens with zero attached hydrogens (tertiary/aromatic N) is 2. The molecule has 0 atom stereocenters. The molecule has 0 aliphatic carbocycles. The fourth-order valence-electron chi connectivity index (χ4n) is 2.42. The van der Waals surface area contributed by atoms with E-state index in [-0.39, 0.29) is 29.8 Å². The Morgan fingerprint density at radius 3 is 2.73 bits per heavy atom. The molecule has 0 amide bonds. The van der Waals surface area contributed by atoms with Crippen molar-refractivity contribution in [2.24, 2.45) is 4.99 Å². The third kappa shape index (κ3) is 7.11. The minimum atomic E-state index is -0.201. The third-order valence-corrected chi connectivity index (χ3v) is 4.36. The lowest BCUT2D eigenvalue weighted by Crippen LogP contribution is -2.37. The maximum absolute atomic E-state index is 13.5. The molecule has 1 aromatic carbocycles. The van der Waals surface area contributed by atoms with Crippen LogP contribution < -0.4 is 10.6 Å². The highest BCUT2D eigenvalue weighted by atomic mass is 127. The van der Waals surface area contributed by atoms with Crippen LogP contribution in [0.5, 0.6) is 0 Å². The molecule has 7 heteroatoms. The lowest BCUT2D eigenvalue weighted by atomic mass is 10.1. The molecular weight excluding hydrogens is 462 g/mol. The van der Waals surface area contributed by atoms with E-state index >= 15 is 0 Å². The predicted molar refractivity (Wildman–Crippen MR) is 120 cm³/mol. The zero-order chi connectivity index (χ0) is 18.1. The number of benzene rings is 1. The number of hydrogen-bond donors (Lipinski definition) is 2. The number of guanidine groups is 1. The van der Waals surface area contributed by atoms with Crippen LogP contribution in [0.15, 0.2) is 41.5 Å². The first kappa shape index (κ1) is 22.7. The fourth-order valence-corrected chi connectivity index (χ4v) is 3.00. The van der Waals surface area contributed by atoms with Crippen molar-refractivity contribution < 1.29 is 4.39 Å². The molecule has 0 saturated carbocycles. The first-order valence-electron chi connectivity index (χ1n) is 8.33. The minimum absolute atomic E-state index is 0. The van der Waals surface area contributed by atoms with Crippen LogP contribution in [0.25, 0.3) is 0 Å². The van der Waals surface area contributed by atoms with Crippen molar-refractivity contribution in [3.63, 3.8) is 0 Å². The molecule has 0 fully saturated rings. The fraction of sp³-hybridized carbons (Fsp3) is 0.368. The van der Waals surface area contributed by atoms with Crippen LogP contribution >= 0.6 is 35.7 Å². The summed E-state index contributed by atoms with van der Waals surface area (Å²) in [6.07, 6.45) is 3.81. The molecule has 2 N–H and O–H groups in total. The van der Waals surface area contributed by atoms with E-state index in [9.17, 15) is 4.39 Å². The molecule has 0 spiro atoms. The van der Waals surface area contributed by atoms with Gasteiger partial charge in [-0.3, -0.25) is 4.98 Å². The van der Waals surface area contributed by atoms with Crippen LogP contribution in [-0.2, 0) is 18.8 Å². The molecule has 1 aromatic heterocycles. The highest BCUT2D eigenvalue weighted by Crippen LogP contribution is 2.17. The number of thioether (sulfide) groups is 1. The van der Waals surface area contributed by atoms with Gasteiger partial charge in [0.2, 0.25) is 0 Å². The van der Waals surface area contributed by atoms with Crippen LogP contribution in [0.2, 0.25) is 0 Å². The van der Waals surface area contributed by atoms with Crippen LogP contribution in [0.4, 0.5) is 4.39 Å². The molecule has 0 bridgehead atoms. The summed E-state index contributed by atoms with van der Waals surface area (Å²) in [4.78, 5) is 9.02. The Kier molecular flexibility index (Phi) is 10.6. The molecule has 2 aromatic rings. The van der Waals surface area contributed by atoms with E-state index in [1.54, 1.807) is 24.0 Å². The van der Waals surface area contributed by atoms with Gasteiger partial charge in [0.25, 0.3) is 0 Å². The number of rotatable bonds is 7. The van der Waals surface area contributed by atoms with Gasteiger partial charge in [0.15, 0.2) is 5.96 Å². The lowest BCUT2D eigenvalue weighted by molar-refractivity contribution is 0.625. The molecular formula is C19H26FIN4S. The van der Waals surface area contributed by atoms with Gasteiger partial charge in [0.1, 0.15) is 5.82 Å². The van der Waals surface area contributed by atoms with Crippen molar-refractivity contribution in [1.29, 1.82) is 0 Å². The predicted octanol–water partition coefficient (Wildman–Crippen LogP) is 4.27. The summed E-state index contributed by atoms with van der Waals surface area (Å²) in [5, 5.41) is 6.55. The number of pyridine rings is 1. The summed E-state index contributed by atoms with van der Waals surface area (Å²) in [5.74, 6) is 1.30. The standard InChI is InChI=1S/C19H25FN4S.HI/c1-4-21-19(24-12-18-14(2)6-5-9-22-18)23-11-15-7-8-17(20)10-16(15)13-25-3;/h5-10H,4,11-13H2,1-3H3,(H2,21,23,24);1H. The Balaban J connectivity index is 0.00000338. The van der Waals surface area contributed by atoms with Gasteiger partial charge in [0.05, 0.1) is 18.8 Å². The Labute approximate surface area is 176 Å². The van der Waals surface area contributed by atoms with Crippen molar-refractivity contribution in [1.82, 2.24) is 15.6 Å². The highest BCUT2D eigenvalue weighted by molar-refractivity contribution is 14.0. The summed E-state index contributed by atoms with van der Waals surface area (Å²) in [6.45, 7) is 5.96. The van der Waals surface area contributed by atoms with Crippen molar-refractivity contribution in [2.45, 2.75) is 32.7 Å². The maximum Gasteiger partial charge on any atom is 0.191 e. The minimum Gasteiger partial charge on any atom is -0.357 e. The maximum atomic E-state index is 13.5. The topological polar surface area (TPSA) is 49.3 Å². The van der Waals surface area contributed by atoms with Gasteiger partial charge in [-0.15, -0.1) is 24.0 Å². The molecule has 4 nitrogen and oxygen atoms in total. The number of aliphatic imine (C=N–C) groups is 1. The largest absolute Gasteiger partial charge is 0.357 e. The van der Waals surface area contributed by atoms with Gasteiger partial charge in [-0.05, 0) is 55.0 Å². The van der Waals surface area contributed by atoms with E-state index in [1.807, 2.05) is 38.3 Å². The summed E-state index contributed by atoms with van der Waals surface area (Å²) >= 11 is 1.68. The smallest absolute Gasteiger partial charge is 0.191 e. The molecule has 26 heavy (non-hydrogen) atoms. The van der Waals surface area contributed by atoms with Gasteiger partial charge >= 0.3 is 0 Å². The van der Waals surface area contributed by atoms with E-state index in [1.165, 1.54) is 6.07 Å². The average Bonchev–Trinajstić information content (AvgIpc) is 2.60. The number of aromatic nitrogens is 1. The zero-order valence-corrected chi connectivity index (χ0v) is 18.5. The van der Waals surface area contributed by atoms with E-state index in [2.05, 4.69) is 20.6 Å². The second kappa shape index (κ2) is 12.1. The van der Waals surface area contributed by atoms with Crippen LogP contribution in [0, 0.1) is 12.7 Å². The van der Waals surface area contributed by atoms with Gasteiger partial charge in [-0.1, -0.05) is 12.1 Å². The Hall–Kier alpha value is -1.35. The van der Waals surface area contributed by atoms with E-state index in [4.69, 9.17) is 0 Å². The molecule has 142 valence electrons. The Morgan fingerprint density at radius 2 is 2.04 bits per heavy atom. The average molecular weight is 488 g/mol. The molecule has 1 heterocycles. The van der Waals surface area contributed by atoms with Crippen molar-refractivity contribution >= 4 is 41.7 Å². The molecule has 0 radical (unpaired) electrons. The van der Waals surface area contributed by atoms with E-state index in [0.29, 0.717) is 13.1 Å². The second-order valence-corrected chi connectivity index (χ2v) is 6.53. The Morgan fingerprint density at radius 1 is 1.23 bits per heavy atom. The first-order valence-corrected chi connectivity index (χ1v) is 9.72. The monoisotopic (exact) mass is 488 g/mol. The first-order chi connectivity index (χ1) is 12.1. The van der Waals surface area contributed by atoms with Crippen molar-refractivity contribution in [3.05, 3.63) is 64.7 Å². The van der Waals surface area contributed by atoms with Crippen molar-refractivity contribution in [3.8, 4) is 0 Å². The number of hydrogen-bond acceptors (Lipinski definition) is 3. The second-order valence-electron chi connectivity index (χ2n) is 5.66. The highest BCUT2D eigenvalue weighted by Gasteiger charge is 2.05. The zero-order valence-electron chi connectivity index (χ0n) is 15.4. The quantitative estimate of drug-likeness (QED) is 0.348. The Bertz CT molecular complexity index is 724. The lowest BCUT2D eigenvalue weighted by Gasteiger charge is -2.13. The number of aryl methyl sites for hydroxylation is 1. The van der Waals surface area contributed by atoms with Gasteiger partial charge in [-0.25, -0.2) is 9.38 Å². The summed E-state index contributed by atoms with van der Waals surface area (Å²) < 4.78 is 13.5. The number of halogens is 2. The van der Waals surface area contributed by atoms with Gasteiger partial charge < -0.3 is 10.6 Å². The van der Waals surface area contributed by atoms with Gasteiger partial charge in [0, 0.05) is 18.5 Å². The van der Waals surface area contributed by atoms with Gasteiger partial charge in [-0.2, -0.15) is 11.8 Å². The molecule has 0 aliphatic rings. The SMILES string of the molecule is CCNC(=NCc1ccc(F)cc1CSC)NCc1ncccc1C.I. The summed E-state index contributed by atoms with van der Waals surface area (Å²) in [7, 11) is 0. The molecule has 0 aliphatic heterocycles. The molecule has 2 rings (SSSR count). The number of nitrogens with one attached hydrogen (secondary N) is 2. The molecule has 0 unspecified atom stereocenters. The van der Waals surface area contributed by atoms with Crippen LogP contribution in [0.1, 0.15) is 29.3 Å². The van der Waals surface area contributed by atoms with Crippen LogP contribution in [0.3, 0.4) is 0 Å². The normalized spacial score (nSPS) is 11.0. The third-order valence-electron chi connectivity index (χ3n) is 3.76. The summed E-state index contributed by atoms with van der Waals surface area (Å²) in [5.41, 5.74) is 4.18. The van der Waals surface area contributed by atoms with Crippen LogP contribution in [-0.4, -0.2) is 23.7 Å².